The summed E-state index contributed by atoms with van der Waals surface area (Å²) in [5.74, 6) is -2.83. The summed E-state index contributed by atoms with van der Waals surface area (Å²) in [4.78, 5) is 23.0. The van der Waals surface area contributed by atoms with Crippen LogP contribution in [0, 0.1) is 11.8 Å². The van der Waals surface area contributed by atoms with Crippen molar-refractivity contribution in [1.29, 1.82) is 0 Å². The lowest BCUT2D eigenvalue weighted by Crippen LogP contribution is -2.30. The monoisotopic (exact) mass is 301 g/mol. The van der Waals surface area contributed by atoms with Gasteiger partial charge in [0.05, 0.1) is 17.4 Å². The summed E-state index contributed by atoms with van der Waals surface area (Å²) in [6.45, 7) is 0. The summed E-state index contributed by atoms with van der Waals surface area (Å²) in [5, 5.41) is 11.5. The smallest absolute Gasteiger partial charge is 0.416 e. The molecule has 1 aliphatic carbocycles. The van der Waals surface area contributed by atoms with Gasteiger partial charge < -0.3 is 10.4 Å². The highest BCUT2D eigenvalue weighted by atomic mass is 19.4. The van der Waals surface area contributed by atoms with Crippen molar-refractivity contribution in [2.75, 3.05) is 5.32 Å². The molecule has 0 saturated heterocycles. The van der Waals surface area contributed by atoms with E-state index >= 15 is 0 Å². The highest BCUT2D eigenvalue weighted by molar-refractivity contribution is 5.95. The maximum atomic E-state index is 12.4. The van der Waals surface area contributed by atoms with E-state index in [0.717, 1.165) is 24.3 Å². The van der Waals surface area contributed by atoms with Crippen LogP contribution in [-0.4, -0.2) is 17.0 Å². The van der Waals surface area contributed by atoms with Crippen LogP contribution in [0.2, 0.25) is 0 Å². The number of nitrogens with one attached hydrogen (secondary N) is 1. The second-order valence-corrected chi connectivity index (χ2v) is 5.05. The Bertz CT molecular complexity index is 539. The van der Waals surface area contributed by atoms with Crippen LogP contribution in [0.25, 0.3) is 0 Å². The maximum absolute atomic E-state index is 12.4. The zero-order valence-electron chi connectivity index (χ0n) is 11.0. The number of alkyl halides is 3. The Morgan fingerprint density at radius 1 is 1.10 bits per heavy atom. The summed E-state index contributed by atoms with van der Waals surface area (Å²) in [7, 11) is 0. The first-order valence-corrected chi connectivity index (χ1v) is 6.50. The Morgan fingerprint density at radius 3 is 2.19 bits per heavy atom. The largest absolute Gasteiger partial charge is 0.481 e. The number of carbonyl (C=O) groups excluding carboxylic acids is 1. The molecule has 7 heteroatoms. The molecule has 1 saturated carbocycles. The standard InChI is InChI=1S/C14H14F3NO3/c15-14(16,17)8-4-6-9(7-5-8)18-12(19)10-2-1-3-11(10)13(20)21/h4-7,10-11H,1-3H2,(H,18,19)(H,20,21)/t10-,11+/m1/s1. The number of carbonyl (C=O) groups is 2. The van der Waals surface area contributed by atoms with Crippen molar-refractivity contribution in [2.24, 2.45) is 11.8 Å². The summed E-state index contributed by atoms with van der Waals surface area (Å²) in [6, 6.07) is 4.06. The molecule has 1 amide bonds. The zero-order chi connectivity index (χ0) is 15.6. The molecule has 1 fully saturated rings. The van der Waals surface area contributed by atoms with Gasteiger partial charge in [-0.15, -0.1) is 0 Å². The number of halogens is 3. The predicted molar refractivity (Wildman–Crippen MR) is 68.5 cm³/mol. The van der Waals surface area contributed by atoms with E-state index in [1.165, 1.54) is 0 Å². The molecule has 2 N–H and O–H groups in total. The van der Waals surface area contributed by atoms with Crippen molar-refractivity contribution < 1.29 is 27.9 Å². The number of carboxylic acid groups (broad SMARTS) is 1. The molecule has 0 aromatic heterocycles. The first-order valence-electron chi connectivity index (χ1n) is 6.50. The van der Waals surface area contributed by atoms with Crippen molar-refractivity contribution in [3.63, 3.8) is 0 Å². The van der Waals surface area contributed by atoms with E-state index < -0.39 is 35.5 Å². The molecule has 0 unspecified atom stereocenters. The molecule has 21 heavy (non-hydrogen) atoms. The number of amides is 1. The van der Waals surface area contributed by atoms with Gasteiger partial charge in [-0.05, 0) is 37.1 Å². The second kappa shape index (κ2) is 5.75. The molecule has 0 radical (unpaired) electrons. The van der Waals surface area contributed by atoms with Gasteiger partial charge in [-0.1, -0.05) is 6.42 Å². The minimum Gasteiger partial charge on any atom is -0.481 e. The van der Waals surface area contributed by atoms with Gasteiger partial charge in [0.25, 0.3) is 0 Å². The number of rotatable bonds is 3. The molecular weight excluding hydrogens is 287 g/mol. The van der Waals surface area contributed by atoms with Gasteiger partial charge in [-0.2, -0.15) is 13.2 Å². The molecule has 0 aliphatic heterocycles. The van der Waals surface area contributed by atoms with E-state index in [0.29, 0.717) is 19.3 Å². The zero-order valence-corrected chi connectivity index (χ0v) is 11.0. The minimum absolute atomic E-state index is 0.226. The Morgan fingerprint density at radius 2 is 1.67 bits per heavy atom. The van der Waals surface area contributed by atoms with E-state index in [-0.39, 0.29) is 5.69 Å². The Labute approximate surface area is 119 Å². The molecule has 114 valence electrons. The van der Waals surface area contributed by atoms with Crippen LogP contribution in [0.1, 0.15) is 24.8 Å². The third-order valence-electron chi connectivity index (χ3n) is 3.65. The molecule has 0 heterocycles. The van der Waals surface area contributed by atoms with E-state index in [4.69, 9.17) is 5.11 Å². The summed E-state index contributed by atoms with van der Waals surface area (Å²) >= 11 is 0. The van der Waals surface area contributed by atoms with Gasteiger partial charge >= 0.3 is 12.1 Å². The van der Waals surface area contributed by atoms with Crippen LogP contribution < -0.4 is 5.32 Å². The molecule has 2 atom stereocenters. The molecular formula is C14H14F3NO3. The fourth-order valence-electron chi connectivity index (χ4n) is 2.55. The fraction of sp³-hybridized carbons (Fsp3) is 0.429. The van der Waals surface area contributed by atoms with Gasteiger partial charge in [0.1, 0.15) is 0 Å². The van der Waals surface area contributed by atoms with Crippen LogP contribution >= 0.6 is 0 Å². The van der Waals surface area contributed by atoms with E-state index in [1.54, 1.807) is 0 Å². The molecule has 0 spiro atoms. The minimum atomic E-state index is -4.43. The third kappa shape index (κ3) is 3.53. The summed E-state index contributed by atoms with van der Waals surface area (Å²) in [5.41, 5.74) is -0.575. The second-order valence-electron chi connectivity index (χ2n) is 5.05. The lowest BCUT2D eigenvalue weighted by atomic mass is 9.95. The van der Waals surface area contributed by atoms with Crippen molar-refractivity contribution >= 4 is 17.6 Å². The van der Waals surface area contributed by atoms with E-state index in [1.807, 2.05) is 0 Å². The first-order chi connectivity index (χ1) is 9.79. The average Bonchev–Trinajstić information content (AvgIpc) is 2.87. The molecule has 1 aliphatic rings. The van der Waals surface area contributed by atoms with Crippen molar-refractivity contribution in [3.8, 4) is 0 Å². The van der Waals surface area contributed by atoms with Crippen LogP contribution in [0.15, 0.2) is 24.3 Å². The fourth-order valence-corrected chi connectivity index (χ4v) is 2.55. The maximum Gasteiger partial charge on any atom is 0.416 e. The molecule has 0 bridgehead atoms. The molecule has 2 rings (SSSR count). The predicted octanol–water partition coefficient (Wildman–Crippen LogP) is 3.14. The lowest BCUT2D eigenvalue weighted by Gasteiger charge is -2.16. The normalized spacial score (nSPS) is 22.0. The quantitative estimate of drug-likeness (QED) is 0.901. The van der Waals surface area contributed by atoms with Gasteiger partial charge in [0.15, 0.2) is 0 Å². The van der Waals surface area contributed by atoms with Gasteiger partial charge in [0.2, 0.25) is 5.91 Å². The molecule has 1 aromatic rings. The van der Waals surface area contributed by atoms with Gasteiger partial charge in [0, 0.05) is 5.69 Å². The van der Waals surface area contributed by atoms with Gasteiger partial charge in [-0.3, -0.25) is 9.59 Å². The Hall–Kier alpha value is -2.05. The number of hydrogen-bond donors (Lipinski definition) is 2. The van der Waals surface area contributed by atoms with Crippen LogP contribution in [0.3, 0.4) is 0 Å². The van der Waals surface area contributed by atoms with Gasteiger partial charge in [-0.25, -0.2) is 0 Å². The Kier molecular flexibility index (Phi) is 4.20. The highest BCUT2D eigenvalue weighted by Crippen LogP contribution is 2.33. The topological polar surface area (TPSA) is 66.4 Å². The molecule has 1 aromatic carbocycles. The van der Waals surface area contributed by atoms with E-state index in [9.17, 15) is 22.8 Å². The van der Waals surface area contributed by atoms with Crippen LogP contribution in [0.5, 0.6) is 0 Å². The number of benzene rings is 1. The summed E-state index contributed by atoms with van der Waals surface area (Å²) < 4.78 is 37.2. The third-order valence-corrected chi connectivity index (χ3v) is 3.65. The van der Waals surface area contributed by atoms with Crippen molar-refractivity contribution in [3.05, 3.63) is 29.8 Å². The SMILES string of the molecule is O=C(O)[C@H]1CCC[C@H]1C(=O)Nc1ccc(C(F)(F)F)cc1. The molecule has 4 nitrogen and oxygen atoms in total. The highest BCUT2D eigenvalue weighted by Gasteiger charge is 2.37. The Balaban J connectivity index is 2.04. The van der Waals surface area contributed by atoms with Crippen molar-refractivity contribution in [1.82, 2.24) is 0 Å². The number of carboxylic acids is 1. The number of aliphatic carboxylic acids is 1. The van der Waals surface area contributed by atoms with E-state index in [2.05, 4.69) is 5.32 Å². The number of hydrogen-bond acceptors (Lipinski definition) is 2. The van der Waals surface area contributed by atoms with Crippen LogP contribution in [-0.2, 0) is 15.8 Å². The van der Waals surface area contributed by atoms with Crippen molar-refractivity contribution in [2.45, 2.75) is 25.4 Å². The summed E-state index contributed by atoms with van der Waals surface area (Å²) in [6.07, 6.45) is -2.85. The number of anilines is 1. The lowest BCUT2D eigenvalue weighted by molar-refractivity contribution is -0.145. The average molecular weight is 301 g/mol. The van der Waals surface area contributed by atoms with Crippen LogP contribution in [0.4, 0.5) is 18.9 Å². The first kappa shape index (κ1) is 15.3.